The molecule has 0 spiro atoms. The molecule has 19 heavy (non-hydrogen) atoms. The Morgan fingerprint density at radius 1 is 1.53 bits per heavy atom. The fourth-order valence-electron chi connectivity index (χ4n) is 1.34. The maximum atomic E-state index is 11.8. The lowest BCUT2D eigenvalue weighted by Gasteiger charge is -2.14. The van der Waals surface area contributed by atoms with Crippen molar-refractivity contribution >= 4 is 34.2 Å². The van der Waals surface area contributed by atoms with E-state index in [4.69, 9.17) is 16.3 Å². The summed E-state index contributed by atoms with van der Waals surface area (Å²) in [5.41, 5.74) is 0.889. The molecule has 1 atom stereocenters. The zero-order valence-corrected chi connectivity index (χ0v) is 11.8. The Balaban J connectivity index is 1.98. The van der Waals surface area contributed by atoms with Crippen molar-refractivity contribution in [1.29, 1.82) is 0 Å². The molecule has 6 nitrogen and oxygen atoms in total. The van der Waals surface area contributed by atoms with E-state index in [1.54, 1.807) is 25.1 Å². The minimum absolute atomic E-state index is 0.314. The molecule has 1 amide bonds. The van der Waals surface area contributed by atoms with Gasteiger partial charge in [-0.25, -0.2) is 0 Å². The van der Waals surface area contributed by atoms with Gasteiger partial charge in [0.25, 0.3) is 5.91 Å². The molecule has 0 bridgehead atoms. The van der Waals surface area contributed by atoms with E-state index >= 15 is 0 Å². The van der Waals surface area contributed by atoms with Crippen LogP contribution in [0, 0.1) is 6.92 Å². The van der Waals surface area contributed by atoms with Crippen LogP contribution in [0.2, 0.25) is 5.02 Å². The molecule has 2 aromatic rings. The van der Waals surface area contributed by atoms with Crippen molar-refractivity contribution in [3.05, 3.63) is 28.8 Å². The molecule has 0 fully saturated rings. The van der Waals surface area contributed by atoms with Gasteiger partial charge in [-0.1, -0.05) is 21.2 Å². The van der Waals surface area contributed by atoms with Crippen molar-refractivity contribution in [3.8, 4) is 5.75 Å². The van der Waals surface area contributed by atoms with Crippen LogP contribution >= 0.6 is 23.1 Å². The fourth-order valence-corrected chi connectivity index (χ4v) is 1.82. The number of hydrogen-bond acceptors (Lipinski definition) is 6. The van der Waals surface area contributed by atoms with Gasteiger partial charge in [-0.2, -0.15) is 0 Å². The van der Waals surface area contributed by atoms with Crippen molar-refractivity contribution in [2.75, 3.05) is 5.32 Å². The molecule has 100 valence electrons. The fraction of sp³-hybridized carbons (Fsp3) is 0.273. The highest BCUT2D eigenvalue weighted by Crippen LogP contribution is 2.22. The Hall–Kier alpha value is -1.73. The first-order valence-electron chi connectivity index (χ1n) is 5.45. The Labute approximate surface area is 118 Å². The quantitative estimate of drug-likeness (QED) is 0.937. The zero-order chi connectivity index (χ0) is 13.8. The van der Waals surface area contributed by atoms with Crippen LogP contribution in [-0.2, 0) is 4.79 Å². The number of carbonyl (C=O) groups is 1. The van der Waals surface area contributed by atoms with Crippen LogP contribution in [0.4, 0.5) is 5.13 Å². The lowest BCUT2D eigenvalue weighted by molar-refractivity contribution is -0.122. The third-order valence-electron chi connectivity index (χ3n) is 2.34. The Kier molecular flexibility index (Phi) is 4.28. The second-order valence-corrected chi connectivity index (χ2v) is 4.97. The molecule has 0 saturated heterocycles. The average Bonchev–Trinajstić information content (AvgIpc) is 2.86. The smallest absolute Gasteiger partial charge is 0.267 e. The van der Waals surface area contributed by atoms with Crippen LogP contribution in [0.5, 0.6) is 5.75 Å². The second kappa shape index (κ2) is 5.94. The molecule has 1 heterocycles. The predicted octanol–water partition coefficient (Wildman–Crippen LogP) is 2.30. The Morgan fingerprint density at radius 2 is 2.32 bits per heavy atom. The van der Waals surface area contributed by atoms with Crippen molar-refractivity contribution < 1.29 is 9.53 Å². The highest BCUT2D eigenvalue weighted by Gasteiger charge is 2.16. The molecular weight excluding hydrogens is 288 g/mol. The normalized spacial score (nSPS) is 11.9. The van der Waals surface area contributed by atoms with Crippen LogP contribution in [-0.4, -0.2) is 26.8 Å². The molecule has 0 radical (unpaired) electrons. The number of rotatable bonds is 4. The van der Waals surface area contributed by atoms with E-state index < -0.39 is 6.10 Å². The number of halogens is 1. The Bertz CT molecular complexity index is 576. The summed E-state index contributed by atoms with van der Waals surface area (Å²) in [6.45, 7) is 3.51. The number of anilines is 1. The highest BCUT2D eigenvalue weighted by atomic mass is 35.5. The molecule has 1 unspecified atom stereocenters. The average molecular weight is 299 g/mol. The van der Waals surface area contributed by atoms with E-state index in [-0.39, 0.29) is 5.91 Å². The van der Waals surface area contributed by atoms with Crippen LogP contribution < -0.4 is 10.1 Å². The minimum atomic E-state index is -0.663. The third-order valence-corrected chi connectivity index (χ3v) is 3.28. The van der Waals surface area contributed by atoms with Crippen molar-refractivity contribution in [3.63, 3.8) is 0 Å². The van der Waals surface area contributed by atoms with E-state index in [0.29, 0.717) is 15.9 Å². The largest absolute Gasteiger partial charge is 0.481 e. The number of carbonyl (C=O) groups excluding carboxylic acids is 1. The number of aromatic nitrogens is 3. The topological polar surface area (TPSA) is 77.0 Å². The van der Waals surface area contributed by atoms with E-state index in [9.17, 15) is 4.79 Å². The van der Waals surface area contributed by atoms with Crippen LogP contribution in [0.25, 0.3) is 0 Å². The lowest BCUT2D eigenvalue weighted by Crippen LogP contribution is -2.30. The van der Waals surface area contributed by atoms with Gasteiger partial charge in [-0.05, 0) is 42.8 Å². The van der Waals surface area contributed by atoms with Gasteiger partial charge in [0.1, 0.15) is 5.75 Å². The first-order valence-corrected chi connectivity index (χ1v) is 6.60. The van der Waals surface area contributed by atoms with Crippen LogP contribution in [0.15, 0.2) is 18.2 Å². The molecule has 0 aliphatic heterocycles. The van der Waals surface area contributed by atoms with Crippen molar-refractivity contribution in [2.24, 2.45) is 0 Å². The summed E-state index contributed by atoms with van der Waals surface area (Å²) in [4.78, 5) is 11.8. The maximum Gasteiger partial charge on any atom is 0.267 e. The molecule has 8 heteroatoms. The molecule has 2 rings (SSSR count). The van der Waals surface area contributed by atoms with Crippen LogP contribution in [0.3, 0.4) is 0 Å². The summed E-state index contributed by atoms with van der Waals surface area (Å²) in [6, 6.07) is 5.22. The summed E-state index contributed by atoms with van der Waals surface area (Å²) in [5.74, 6) is 0.270. The monoisotopic (exact) mass is 298 g/mol. The predicted molar refractivity (Wildman–Crippen MR) is 72.6 cm³/mol. The van der Waals surface area contributed by atoms with Gasteiger partial charge in [0.2, 0.25) is 5.13 Å². The minimum Gasteiger partial charge on any atom is -0.481 e. The van der Waals surface area contributed by atoms with Gasteiger partial charge in [-0.15, -0.1) is 0 Å². The summed E-state index contributed by atoms with van der Waals surface area (Å²) in [5, 5.41) is 10.6. The van der Waals surface area contributed by atoms with Crippen molar-refractivity contribution in [1.82, 2.24) is 14.8 Å². The van der Waals surface area contributed by atoms with Gasteiger partial charge in [0.05, 0.1) is 0 Å². The molecule has 1 N–H and O–H groups in total. The molecule has 1 aromatic carbocycles. The van der Waals surface area contributed by atoms with Gasteiger partial charge in [-0.3, -0.25) is 10.1 Å². The van der Waals surface area contributed by atoms with Crippen LogP contribution in [0.1, 0.15) is 12.5 Å². The van der Waals surface area contributed by atoms with Gasteiger partial charge < -0.3 is 4.74 Å². The third kappa shape index (κ3) is 3.62. The number of nitrogens with zero attached hydrogens (tertiary/aromatic N) is 3. The van der Waals surface area contributed by atoms with Gasteiger partial charge >= 0.3 is 0 Å². The van der Waals surface area contributed by atoms with E-state index in [2.05, 4.69) is 20.1 Å². The van der Waals surface area contributed by atoms with E-state index in [1.807, 2.05) is 6.92 Å². The van der Waals surface area contributed by atoms with Gasteiger partial charge in [0.15, 0.2) is 6.10 Å². The summed E-state index contributed by atoms with van der Waals surface area (Å²) in [7, 11) is 0. The molecular formula is C11H11ClN4O2S. The first kappa shape index (κ1) is 13.7. The maximum absolute atomic E-state index is 11.8. The number of hydrogen-bond donors (Lipinski definition) is 1. The summed E-state index contributed by atoms with van der Waals surface area (Å²) < 4.78 is 9.08. The lowest BCUT2D eigenvalue weighted by atomic mass is 10.2. The number of nitrogens with one attached hydrogen (secondary N) is 1. The summed E-state index contributed by atoms with van der Waals surface area (Å²) >= 11 is 6.92. The number of amides is 1. The zero-order valence-electron chi connectivity index (χ0n) is 10.3. The molecule has 0 aliphatic rings. The number of benzene rings is 1. The molecule has 0 aliphatic carbocycles. The summed E-state index contributed by atoms with van der Waals surface area (Å²) in [6.07, 6.45) is -0.663. The number of ether oxygens (including phenoxy) is 1. The van der Waals surface area contributed by atoms with E-state index in [1.165, 1.54) is 0 Å². The second-order valence-electron chi connectivity index (χ2n) is 3.83. The van der Waals surface area contributed by atoms with Crippen molar-refractivity contribution in [2.45, 2.75) is 20.0 Å². The van der Waals surface area contributed by atoms with E-state index in [0.717, 1.165) is 17.1 Å². The number of aryl methyl sites for hydroxylation is 1. The Morgan fingerprint density at radius 3 is 2.95 bits per heavy atom. The molecule has 1 aromatic heterocycles. The first-order chi connectivity index (χ1) is 9.06. The van der Waals surface area contributed by atoms with Gasteiger partial charge in [0, 0.05) is 16.6 Å². The standard InChI is InChI=1S/C11H11ClN4O2S/c1-6-5-8(3-4-9(6)12)18-7(2)10(17)13-11-14-15-16-19-11/h3-5,7H,1-2H3,(H,13,14,16,17). The SMILES string of the molecule is Cc1cc(OC(C)C(=O)Nc2nnns2)ccc1Cl. The molecule has 0 saturated carbocycles. The highest BCUT2D eigenvalue weighted by molar-refractivity contribution is 7.09.